The maximum Gasteiger partial charge on any atom is 0.118 e. The molecule has 0 aliphatic carbocycles. The number of nitrogens with one attached hydrogen (secondary N) is 1. The van der Waals surface area contributed by atoms with Crippen LogP contribution in [0.3, 0.4) is 0 Å². The summed E-state index contributed by atoms with van der Waals surface area (Å²) in [6.07, 6.45) is 1.92. The lowest BCUT2D eigenvalue weighted by atomic mass is 10.1. The summed E-state index contributed by atoms with van der Waals surface area (Å²) in [7, 11) is 1.65. The lowest BCUT2D eigenvalue weighted by molar-refractivity contribution is 0.415. The average molecular weight is 178 g/mol. The van der Waals surface area contributed by atoms with Crippen molar-refractivity contribution >= 4 is 5.70 Å². The van der Waals surface area contributed by atoms with Crippen molar-refractivity contribution in [3.05, 3.63) is 35.9 Å². The number of hydrogen-bond acceptors (Lipinski definition) is 3. The van der Waals surface area contributed by atoms with Crippen LogP contribution in [0.5, 0.6) is 5.75 Å². The fourth-order valence-electron chi connectivity index (χ4n) is 1.10. The number of methoxy groups -OCH3 is 1. The predicted molar refractivity (Wildman–Crippen MR) is 54.0 cm³/mol. The fraction of sp³-hybridized carbons (Fsp3) is 0.200. The van der Waals surface area contributed by atoms with E-state index < -0.39 is 0 Å². The molecule has 1 aromatic carbocycles. The highest BCUT2D eigenvalue weighted by molar-refractivity contribution is 5.63. The first-order valence-electron chi connectivity index (χ1n) is 4.09. The Bertz CT molecular complexity index is 290. The third-order valence-electron chi connectivity index (χ3n) is 1.85. The summed E-state index contributed by atoms with van der Waals surface area (Å²) in [5, 5.41) is 0. The first-order valence-corrected chi connectivity index (χ1v) is 4.09. The normalized spacial score (nSPS) is 11.2. The Balaban J connectivity index is 2.91. The Labute approximate surface area is 78.2 Å². The number of rotatable bonds is 3. The van der Waals surface area contributed by atoms with Crippen molar-refractivity contribution in [2.45, 2.75) is 6.92 Å². The minimum absolute atomic E-state index is 0.844. The van der Waals surface area contributed by atoms with Gasteiger partial charge in [0.2, 0.25) is 0 Å². The maximum atomic E-state index is 5.34. The number of allylic oxidation sites excluding steroid dienone is 1. The van der Waals surface area contributed by atoms with Gasteiger partial charge in [-0.1, -0.05) is 6.08 Å². The summed E-state index contributed by atoms with van der Waals surface area (Å²) >= 11 is 0. The highest BCUT2D eigenvalue weighted by Gasteiger charge is 1.97. The first-order chi connectivity index (χ1) is 6.31. The van der Waals surface area contributed by atoms with Crippen LogP contribution in [-0.2, 0) is 0 Å². The van der Waals surface area contributed by atoms with Crippen LogP contribution in [0.15, 0.2) is 30.3 Å². The molecule has 0 atom stereocenters. The van der Waals surface area contributed by atoms with E-state index in [0.717, 1.165) is 17.0 Å². The molecule has 3 heteroatoms. The van der Waals surface area contributed by atoms with Gasteiger partial charge in [-0.15, -0.1) is 0 Å². The zero-order valence-corrected chi connectivity index (χ0v) is 7.87. The smallest absolute Gasteiger partial charge is 0.118 e. The van der Waals surface area contributed by atoms with Crippen molar-refractivity contribution in [3.63, 3.8) is 0 Å². The van der Waals surface area contributed by atoms with Gasteiger partial charge in [0.1, 0.15) is 5.75 Å². The van der Waals surface area contributed by atoms with Crippen LogP contribution < -0.4 is 16.0 Å². The summed E-state index contributed by atoms with van der Waals surface area (Å²) in [5.41, 5.74) is 4.58. The monoisotopic (exact) mass is 178 g/mol. The van der Waals surface area contributed by atoms with E-state index in [1.807, 2.05) is 37.3 Å². The minimum Gasteiger partial charge on any atom is -0.497 e. The molecule has 70 valence electrons. The van der Waals surface area contributed by atoms with Crippen LogP contribution >= 0.6 is 0 Å². The second-order valence-electron chi connectivity index (χ2n) is 2.58. The topological polar surface area (TPSA) is 47.3 Å². The van der Waals surface area contributed by atoms with E-state index >= 15 is 0 Å². The third-order valence-corrected chi connectivity index (χ3v) is 1.85. The molecule has 1 aromatic rings. The number of ether oxygens (including phenoxy) is 1. The molecule has 0 bridgehead atoms. The molecule has 3 N–H and O–H groups in total. The van der Waals surface area contributed by atoms with Gasteiger partial charge in [-0.3, -0.25) is 5.84 Å². The molecule has 0 saturated carbocycles. The quantitative estimate of drug-likeness (QED) is 0.545. The highest BCUT2D eigenvalue weighted by Crippen LogP contribution is 2.15. The van der Waals surface area contributed by atoms with E-state index in [1.165, 1.54) is 0 Å². The van der Waals surface area contributed by atoms with Crippen molar-refractivity contribution in [1.29, 1.82) is 0 Å². The van der Waals surface area contributed by atoms with E-state index in [2.05, 4.69) is 5.43 Å². The van der Waals surface area contributed by atoms with Crippen molar-refractivity contribution in [2.75, 3.05) is 7.11 Å². The van der Waals surface area contributed by atoms with Crippen LogP contribution in [-0.4, -0.2) is 7.11 Å². The van der Waals surface area contributed by atoms with Gasteiger partial charge < -0.3 is 10.2 Å². The van der Waals surface area contributed by atoms with Crippen LogP contribution in [0, 0.1) is 0 Å². The average Bonchev–Trinajstić information content (AvgIpc) is 2.21. The van der Waals surface area contributed by atoms with E-state index in [1.54, 1.807) is 7.11 Å². The second kappa shape index (κ2) is 4.52. The number of benzene rings is 1. The van der Waals surface area contributed by atoms with Gasteiger partial charge in [-0.2, -0.15) is 0 Å². The SMILES string of the molecule is C/C=C(\NN)c1ccc(OC)cc1. The molecule has 0 radical (unpaired) electrons. The molecule has 0 fully saturated rings. The molecule has 1 rings (SSSR count). The van der Waals surface area contributed by atoms with Gasteiger partial charge >= 0.3 is 0 Å². The molecule has 3 nitrogen and oxygen atoms in total. The second-order valence-corrected chi connectivity index (χ2v) is 2.58. The Kier molecular flexibility index (Phi) is 3.34. The van der Waals surface area contributed by atoms with E-state index in [0.29, 0.717) is 0 Å². The Hall–Kier alpha value is -1.48. The molecule has 0 aliphatic rings. The van der Waals surface area contributed by atoms with E-state index in [4.69, 9.17) is 10.6 Å². The third kappa shape index (κ3) is 2.23. The predicted octanol–water partition coefficient (Wildman–Crippen LogP) is 1.52. The summed E-state index contributed by atoms with van der Waals surface area (Å²) in [5.74, 6) is 6.18. The summed E-state index contributed by atoms with van der Waals surface area (Å²) < 4.78 is 5.05. The fourth-order valence-corrected chi connectivity index (χ4v) is 1.10. The van der Waals surface area contributed by atoms with Gasteiger partial charge in [0.15, 0.2) is 0 Å². The molecule has 0 unspecified atom stereocenters. The summed E-state index contributed by atoms with van der Waals surface area (Å²) in [6.45, 7) is 1.93. The van der Waals surface area contributed by atoms with Crippen LogP contribution in [0.1, 0.15) is 12.5 Å². The van der Waals surface area contributed by atoms with Gasteiger partial charge in [0, 0.05) is 0 Å². The number of hydrogen-bond donors (Lipinski definition) is 2. The Morgan fingerprint density at radius 3 is 2.38 bits per heavy atom. The van der Waals surface area contributed by atoms with Gasteiger partial charge in [0.25, 0.3) is 0 Å². The molecule has 0 aliphatic heterocycles. The largest absolute Gasteiger partial charge is 0.497 e. The number of nitrogens with two attached hydrogens (primary N) is 1. The van der Waals surface area contributed by atoms with Crippen molar-refractivity contribution < 1.29 is 4.74 Å². The zero-order valence-electron chi connectivity index (χ0n) is 7.87. The zero-order chi connectivity index (χ0) is 9.68. The molecule has 0 aromatic heterocycles. The lowest BCUT2D eigenvalue weighted by Crippen LogP contribution is -2.19. The van der Waals surface area contributed by atoms with E-state index in [9.17, 15) is 0 Å². The summed E-state index contributed by atoms with van der Waals surface area (Å²) in [4.78, 5) is 0. The van der Waals surface area contributed by atoms with Gasteiger partial charge in [-0.25, -0.2) is 0 Å². The Morgan fingerprint density at radius 2 is 2.00 bits per heavy atom. The molecule has 0 saturated heterocycles. The Morgan fingerprint density at radius 1 is 1.38 bits per heavy atom. The van der Waals surface area contributed by atoms with Gasteiger partial charge in [-0.05, 0) is 36.8 Å². The summed E-state index contributed by atoms with van der Waals surface area (Å²) in [6, 6.07) is 7.70. The highest BCUT2D eigenvalue weighted by atomic mass is 16.5. The van der Waals surface area contributed by atoms with Crippen molar-refractivity contribution in [1.82, 2.24) is 5.43 Å². The maximum absolute atomic E-state index is 5.34. The minimum atomic E-state index is 0.844. The molecule has 13 heavy (non-hydrogen) atoms. The van der Waals surface area contributed by atoms with Crippen LogP contribution in [0.25, 0.3) is 5.70 Å². The molecule has 0 spiro atoms. The standard InChI is InChI=1S/C10H14N2O/c1-3-10(12-11)8-4-6-9(13-2)7-5-8/h3-7,12H,11H2,1-2H3/b10-3-. The first kappa shape index (κ1) is 9.61. The van der Waals surface area contributed by atoms with Crippen molar-refractivity contribution in [2.24, 2.45) is 5.84 Å². The lowest BCUT2D eigenvalue weighted by Gasteiger charge is -2.06. The van der Waals surface area contributed by atoms with E-state index in [-0.39, 0.29) is 0 Å². The molecule has 0 heterocycles. The van der Waals surface area contributed by atoms with Crippen LogP contribution in [0.2, 0.25) is 0 Å². The molecular formula is C10H14N2O. The molecular weight excluding hydrogens is 164 g/mol. The number of hydrazine groups is 1. The molecule has 0 amide bonds. The van der Waals surface area contributed by atoms with Gasteiger partial charge in [0.05, 0.1) is 12.8 Å². The van der Waals surface area contributed by atoms with Crippen LogP contribution in [0.4, 0.5) is 0 Å². The van der Waals surface area contributed by atoms with Crippen molar-refractivity contribution in [3.8, 4) is 5.75 Å².